The van der Waals surface area contributed by atoms with Gasteiger partial charge < -0.3 is 9.32 Å². The maximum atomic E-state index is 12.5. The molecule has 0 unspecified atom stereocenters. The maximum Gasteiger partial charge on any atom is 0.223 e. The van der Waals surface area contributed by atoms with E-state index in [1.54, 1.807) is 6.20 Å². The Kier molecular flexibility index (Phi) is 5.50. The summed E-state index contributed by atoms with van der Waals surface area (Å²) in [6.07, 6.45) is 3.26. The number of sulfone groups is 1. The number of aromatic nitrogens is 1. The number of hydrogen-bond donors (Lipinski definition) is 0. The van der Waals surface area contributed by atoms with E-state index in [0.717, 1.165) is 18.7 Å². The highest BCUT2D eigenvalue weighted by Gasteiger charge is 2.34. The molecule has 2 aliphatic rings. The molecule has 2 fully saturated rings. The molecule has 2 aromatic rings. The molecule has 0 saturated carbocycles. The SMILES string of the molecule is O=C(CCc1ncc(-c2ccccc2)o1)N1CCN([C@H]2CCS(=O)(=O)C2)CC1. The predicted molar refractivity (Wildman–Crippen MR) is 105 cm³/mol. The predicted octanol–water partition coefficient (Wildman–Crippen LogP) is 1.61. The molecule has 1 amide bonds. The summed E-state index contributed by atoms with van der Waals surface area (Å²) in [6.45, 7) is 2.78. The van der Waals surface area contributed by atoms with Crippen LogP contribution in [0, 0.1) is 0 Å². The number of carbonyl (C=O) groups is 1. The minimum Gasteiger partial charge on any atom is -0.441 e. The number of rotatable bonds is 5. The number of carbonyl (C=O) groups excluding carboxylic acids is 1. The van der Waals surface area contributed by atoms with E-state index >= 15 is 0 Å². The van der Waals surface area contributed by atoms with Crippen molar-refractivity contribution in [3.63, 3.8) is 0 Å². The Labute approximate surface area is 165 Å². The van der Waals surface area contributed by atoms with Gasteiger partial charge in [-0.05, 0) is 6.42 Å². The smallest absolute Gasteiger partial charge is 0.223 e. The third-order valence-corrected chi connectivity index (χ3v) is 7.31. The van der Waals surface area contributed by atoms with Crippen LogP contribution >= 0.6 is 0 Å². The van der Waals surface area contributed by atoms with Gasteiger partial charge in [0.1, 0.15) is 0 Å². The van der Waals surface area contributed by atoms with Crippen LogP contribution in [0.2, 0.25) is 0 Å². The fourth-order valence-electron chi connectivity index (χ4n) is 3.93. The van der Waals surface area contributed by atoms with Gasteiger partial charge in [-0.15, -0.1) is 0 Å². The fraction of sp³-hybridized carbons (Fsp3) is 0.500. The molecule has 150 valence electrons. The van der Waals surface area contributed by atoms with E-state index in [9.17, 15) is 13.2 Å². The van der Waals surface area contributed by atoms with Crippen molar-refractivity contribution in [2.24, 2.45) is 0 Å². The average Bonchev–Trinajstić information content (AvgIpc) is 3.33. The minimum atomic E-state index is -2.87. The number of piperazine rings is 1. The molecule has 1 aromatic heterocycles. The van der Waals surface area contributed by atoms with E-state index in [1.807, 2.05) is 35.2 Å². The zero-order chi connectivity index (χ0) is 19.6. The van der Waals surface area contributed by atoms with Crippen molar-refractivity contribution in [3.05, 3.63) is 42.4 Å². The van der Waals surface area contributed by atoms with Crippen LogP contribution in [-0.2, 0) is 21.1 Å². The Balaban J connectivity index is 1.25. The largest absolute Gasteiger partial charge is 0.441 e. The third-order valence-electron chi connectivity index (χ3n) is 5.56. The molecule has 8 heteroatoms. The van der Waals surface area contributed by atoms with Crippen molar-refractivity contribution < 1.29 is 17.6 Å². The van der Waals surface area contributed by atoms with Gasteiger partial charge >= 0.3 is 0 Å². The van der Waals surface area contributed by atoms with Gasteiger partial charge in [-0.2, -0.15) is 0 Å². The quantitative estimate of drug-likeness (QED) is 0.754. The lowest BCUT2D eigenvalue weighted by atomic mass is 10.2. The van der Waals surface area contributed by atoms with E-state index in [2.05, 4.69) is 9.88 Å². The zero-order valence-electron chi connectivity index (χ0n) is 15.8. The van der Waals surface area contributed by atoms with Crippen molar-refractivity contribution in [1.82, 2.24) is 14.8 Å². The number of oxazole rings is 1. The molecule has 0 N–H and O–H groups in total. The number of benzene rings is 1. The highest BCUT2D eigenvalue weighted by Crippen LogP contribution is 2.21. The number of amides is 1. The zero-order valence-corrected chi connectivity index (χ0v) is 16.6. The first-order chi connectivity index (χ1) is 13.5. The Hall–Kier alpha value is -2.19. The van der Waals surface area contributed by atoms with E-state index < -0.39 is 9.84 Å². The Bertz CT molecular complexity index is 918. The molecule has 7 nitrogen and oxygen atoms in total. The molecule has 2 saturated heterocycles. The summed E-state index contributed by atoms with van der Waals surface area (Å²) in [5.41, 5.74) is 0.970. The van der Waals surface area contributed by atoms with Crippen LogP contribution in [0.1, 0.15) is 18.7 Å². The summed E-state index contributed by atoms with van der Waals surface area (Å²) >= 11 is 0. The molecule has 28 heavy (non-hydrogen) atoms. The lowest BCUT2D eigenvalue weighted by Gasteiger charge is -2.37. The highest BCUT2D eigenvalue weighted by atomic mass is 32.2. The first-order valence-corrected chi connectivity index (χ1v) is 11.5. The molecular weight excluding hydrogens is 378 g/mol. The maximum absolute atomic E-state index is 12.5. The van der Waals surface area contributed by atoms with E-state index in [0.29, 0.717) is 44.0 Å². The molecule has 0 radical (unpaired) electrons. The average molecular weight is 404 g/mol. The van der Waals surface area contributed by atoms with Crippen molar-refractivity contribution in [2.45, 2.75) is 25.3 Å². The van der Waals surface area contributed by atoms with Crippen LogP contribution in [0.4, 0.5) is 0 Å². The van der Waals surface area contributed by atoms with Gasteiger partial charge in [-0.3, -0.25) is 9.69 Å². The van der Waals surface area contributed by atoms with Gasteiger partial charge in [0.2, 0.25) is 5.91 Å². The monoisotopic (exact) mass is 403 g/mol. The molecule has 0 bridgehead atoms. The molecule has 2 aliphatic heterocycles. The van der Waals surface area contributed by atoms with Crippen LogP contribution in [0.3, 0.4) is 0 Å². The highest BCUT2D eigenvalue weighted by molar-refractivity contribution is 7.91. The van der Waals surface area contributed by atoms with Crippen LogP contribution in [0.15, 0.2) is 40.9 Å². The lowest BCUT2D eigenvalue weighted by Crippen LogP contribution is -2.52. The Morgan fingerprint density at radius 2 is 1.89 bits per heavy atom. The van der Waals surface area contributed by atoms with Crippen LogP contribution in [-0.4, -0.2) is 72.8 Å². The summed E-state index contributed by atoms with van der Waals surface area (Å²) in [5.74, 6) is 1.93. The van der Waals surface area contributed by atoms with Gasteiger partial charge in [0, 0.05) is 50.6 Å². The molecule has 0 aliphatic carbocycles. The Morgan fingerprint density at radius 1 is 1.14 bits per heavy atom. The second-order valence-corrected chi connectivity index (χ2v) is 9.69. The molecule has 1 atom stereocenters. The van der Waals surface area contributed by atoms with Gasteiger partial charge in [-0.25, -0.2) is 13.4 Å². The van der Waals surface area contributed by atoms with Crippen LogP contribution in [0.5, 0.6) is 0 Å². The standard InChI is InChI=1S/C20H25N3O4S/c24-20(7-6-19-21-14-18(27-19)16-4-2-1-3-5-16)23-11-9-22(10-12-23)17-8-13-28(25,26)15-17/h1-5,14,17H,6-13,15H2/t17-/m0/s1. The van der Waals surface area contributed by atoms with Crippen molar-refractivity contribution >= 4 is 15.7 Å². The summed E-state index contributed by atoms with van der Waals surface area (Å²) in [4.78, 5) is 20.9. The topological polar surface area (TPSA) is 83.7 Å². The van der Waals surface area contributed by atoms with Gasteiger partial charge in [0.25, 0.3) is 0 Å². The first-order valence-electron chi connectivity index (χ1n) is 9.72. The molecule has 3 heterocycles. The molecule has 0 spiro atoms. The van der Waals surface area contributed by atoms with Crippen molar-refractivity contribution in [1.29, 1.82) is 0 Å². The number of aryl methyl sites for hydroxylation is 1. The summed E-state index contributed by atoms with van der Waals surface area (Å²) in [7, 11) is -2.87. The first kappa shape index (κ1) is 19.1. The molecule has 1 aromatic carbocycles. The van der Waals surface area contributed by atoms with Gasteiger partial charge in [0.05, 0.1) is 17.7 Å². The van der Waals surface area contributed by atoms with Crippen LogP contribution in [0.25, 0.3) is 11.3 Å². The fourth-order valence-corrected chi connectivity index (χ4v) is 5.70. The number of hydrogen-bond acceptors (Lipinski definition) is 6. The number of nitrogens with zero attached hydrogens (tertiary/aromatic N) is 3. The second kappa shape index (κ2) is 8.05. The normalized spacial score (nSPS) is 22.4. The van der Waals surface area contributed by atoms with Crippen LogP contribution < -0.4 is 0 Å². The van der Waals surface area contributed by atoms with E-state index in [4.69, 9.17) is 4.42 Å². The Morgan fingerprint density at radius 3 is 2.57 bits per heavy atom. The molecular formula is C20H25N3O4S. The summed E-state index contributed by atoms with van der Waals surface area (Å²) < 4.78 is 29.1. The van der Waals surface area contributed by atoms with Crippen molar-refractivity contribution in [2.75, 3.05) is 37.7 Å². The van der Waals surface area contributed by atoms with Gasteiger partial charge in [-0.1, -0.05) is 30.3 Å². The minimum absolute atomic E-state index is 0.0955. The third kappa shape index (κ3) is 4.44. The lowest BCUT2D eigenvalue weighted by molar-refractivity contribution is -0.133. The summed E-state index contributed by atoms with van der Waals surface area (Å²) in [6, 6.07) is 9.88. The van der Waals surface area contributed by atoms with E-state index in [-0.39, 0.29) is 23.5 Å². The van der Waals surface area contributed by atoms with Gasteiger partial charge in [0.15, 0.2) is 21.5 Å². The van der Waals surface area contributed by atoms with E-state index in [1.165, 1.54) is 0 Å². The molecule has 4 rings (SSSR count). The summed E-state index contributed by atoms with van der Waals surface area (Å²) in [5, 5.41) is 0. The van der Waals surface area contributed by atoms with Crippen molar-refractivity contribution in [3.8, 4) is 11.3 Å². The second-order valence-electron chi connectivity index (χ2n) is 7.46.